The maximum Gasteiger partial charge on any atom is 0.180 e. The Bertz CT molecular complexity index is 461. The first-order valence-corrected chi connectivity index (χ1v) is 4.67. The number of hydrogen-bond donors (Lipinski definition) is 2. The van der Waals surface area contributed by atoms with Crippen molar-refractivity contribution in [2.24, 2.45) is 5.73 Å². The molecule has 1 aliphatic heterocycles. The maximum absolute atomic E-state index is 5.99. The second-order valence-corrected chi connectivity index (χ2v) is 3.35. The zero-order chi connectivity index (χ0) is 10.3. The van der Waals surface area contributed by atoms with Crippen molar-refractivity contribution in [2.75, 3.05) is 11.9 Å². The standard InChI is InChI=1S/C8H10N6O/c9-6(5-3-10-4-15-5)7-8-11-1-2-14(8)13-12-7/h3-4,6,11H,1-2,9H2. The molecule has 1 unspecified atom stereocenters. The van der Waals surface area contributed by atoms with E-state index in [1.54, 1.807) is 10.9 Å². The third-order valence-corrected chi connectivity index (χ3v) is 2.43. The fourth-order valence-corrected chi connectivity index (χ4v) is 1.67. The number of hydrogen-bond acceptors (Lipinski definition) is 6. The maximum atomic E-state index is 5.99. The second kappa shape index (κ2) is 3.06. The summed E-state index contributed by atoms with van der Waals surface area (Å²) in [5.74, 6) is 1.46. The molecule has 2 aromatic rings. The number of oxazole rings is 1. The van der Waals surface area contributed by atoms with Gasteiger partial charge in [0.15, 0.2) is 6.39 Å². The lowest BCUT2D eigenvalue weighted by Crippen LogP contribution is -2.13. The Morgan fingerprint density at radius 3 is 3.33 bits per heavy atom. The van der Waals surface area contributed by atoms with Gasteiger partial charge in [0.25, 0.3) is 0 Å². The van der Waals surface area contributed by atoms with Crippen LogP contribution in [-0.4, -0.2) is 26.5 Å². The van der Waals surface area contributed by atoms with E-state index in [1.165, 1.54) is 6.39 Å². The molecule has 0 radical (unpaired) electrons. The number of fused-ring (bicyclic) bond motifs is 1. The number of nitrogens with two attached hydrogens (primary N) is 1. The molecule has 0 spiro atoms. The Labute approximate surface area is 85.3 Å². The Morgan fingerprint density at radius 1 is 1.60 bits per heavy atom. The molecule has 0 saturated carbocycles. The topological polar surface area (TPSA) is 94.8 Å². The van der Waals surface area contributed by atoms with Crippen molar-refractivity contribution in [3.63, 3.8) is 0 Å². The second-order valence-electron chi connectivity index (χ2n) is 3.35. The highest BCUT2D eigenvalue weighted by atomic mass is 16.3. The van der Waals surface area contributed by atoms with Crippen molar-refractivity contribution in [3.05, 3.63) is 24.0 Å². The van der Waals surface area contributed by atoms with Crippen LogP contribution in [0.1, 0.15) is 17.5 Å². The van der Waals surface area contributed by atoms with Crippen molar-refractivity contribution in [2.45, 2.75) is 12.6 Å². The quantitative estimate of drug-likeness (QED) is 0.703. The van der Waals surface area contributed by atoms with Gasteiger partial charge >= 0.3 is 0 Å². The van der Waals surface area contributed by atoms with Gasteiger partial charge in [0.05, 0.1) is 12.7 Å². The van der Waals surface area contributed by atoms with Gasteiger partial charge < -0.3 is 15.5 Å². The highest BCUT2D eigenvalue weighted by Crippen LogP contribution is 2.25. The van der Waals surface area contributed by atoms with Gasteiger partial charge in [-0.2, -0.15) is 0 Å². The molecule has 3 N–H and O–H groups in total. The Balaban J connectivity index is 1.99. The molecule has 0 amide bonds. The molecule has 0 aromatic carbocycles. The van der Waals surface area contributed by atoms with Crippen LogP contribution in [0.4, 0.5) is 5.82 Å². The first kappa shape index (κ1) is 8.42. The van der Waals surface area contributed by atoms with Crippen LogP contribution in [0.15, 0.2) is 17.0 Å². The van der Waals surface area contributed by atoms with Gasteiger partial charge in [-0.15, -0.1) is 5.10 Å². The van der Waals surface area contributed by atoms with E-state index in [-0.39, 0.29) is 0 Å². The SMILES string of the molecule is NC(c1cnco1)c1nnn2c1NCC2. The normalized spacial score (nSPS) is 16.1. The highest BCUT2D eigenvalue weighted by Gasteiger charge is 2.24. The van der Waals surface area contributed by atoms with Gasteiger partial charge in [-0.05, 0) is 0 Å². The van der Waals surface area contributed by atoms with Crippen LogP contribution in [0, 0.1) is 0 Å². The number of anilines is 1. The highest BCUT2D eigenvalue weighted by molar-refractivity contribution is 5.46. The lowest BCUT2D eigenvalue weighted by atomic mass is 10.2. The molecule has 0 saturated heterocycles. The summed E-state index contributed by atoms with van der Waals surface area (Å²) in [4.78, 5) is 3.82. The number of nitrogens with one attached hydrogen (secondary N) is 1. The van der Waals surface area contributed by atoms with E-state index in [1.807, 2.05) is 0 Å². The van der Waals surface area contributed by atoms with Gasteiger partial charge in [-0.25, -0.2) is 9.67 Å². The fraction of sp³-hybridized carbons (Fsp3) is 0.375. The van der Waals surface area contributed by atoms with Crippen LogP contribution in [0.5, 0.6) is 0 Å². The molecule has 2 aromatic heterocycles. The molecule has 78 valence electrons. The van der Waals surface area contributed by atoms with E-state index in [4.69, 9.17) is 10.2 Å². The Morgan fingerprint density at radius 2 is 2.53 bits per heavy atom. The van der Waals surface area contributed by atoms with E-state index in [0.29, 0.717) is 11.5 Å². The smallest absolute Gasteiger partial charge is 0.180 e. The molecule has 0 aliphatic carbocycles. The van der Waals surface area contributed by atoms with Gasteiger partial charge in [-0.3, -0.25) is 0 Å². The molecule has 1 aliphatic rings. The minimum atomic E-state index is -0.415. The van der Waals surface area contributed by atoms with Crippen molar-refractivity contribution in [3.8, 4) is 0 Å². The van der Waals surface area contributed by atoms with E-state index < -0.39 is 6.04 Å². The number of rotatable bonds is 2. The van der Waals surface area contributed by atoms with Crippen molar-refractivity contribution in [1.29, 1.82) is 0 Å². The summed E-state index contributed by atoms with van der Waals surface area (Å²) in [5, 5.41) is 11.2. The summed E-state index contributed by atoms with van der Waals surface area (Å²) in [6.45, 7) is 1.69. The van der Waals surface area contributed by atoms with Gasteiger partial charge in [-0.1, -0.05) is 5.21 Å². The molecule has 0 fully saturated rings. The molecule has 1 atom stereocenters. The lowest BCUT2D eigenvalue weighted by Gasteiger charge is -2.05. The molecule has 7 nitrogen and oxygen atoms in total. The molecule has 7 heteroatoms. The summed E-state index contributed by atoms with van der Waals surface area (Å²) in [6, 6.07) is -0.415. The van der Waals surface area contributed by atoms with E-state index in [2.05, 4.69) is 20.6 Å². The molecular formula is C8H10N6O. The molecular weight excluding hydrogens is 196 g/mol. The average molecular weight is 206 g/mol. The minimum absolute atomic E-state index is 0.415. The third kappa shape index (κ3) is 1.20. The monoisotopic (exact) mass is 206 g/mol. The summed E-state index contributed by atoms with van der Waals surface area (Å²) in [6.07, 6.45) is 2.94. The Hall–Kier alpha value is -1.89. The zero-order valence-corrected chi connectivity index (χ0v) is 7.92. The van der Waals surface area contributed by atoms with Crippen LogP contribution < -0.4 is 11.1 Å². The predicted octanol–water partition coefficient (Wildman–Crippen LogP) is -0.260. The molecule has 0 bridgehead atoms. The number of nitrogens with zero attached hydrogens (tertiary/aromatic N) is 4. The first-order chi connectivity index (χ1) is 7.36. The Kier molecular flexibility index (Phi) is 1.72. The lowest BCUT2D eigenvalue weighted by molar-refractivity contribution is 0.482. The molecule has 15 heavy (non-hydrogen) atoms. The van der Waals surface area contributed by atoms with Gasteiger partial charge in [0.2, 0.25) is 0 Å². The summed E-state index contributed by atoms with van der Waals surface area (Å²) >= 11 is 0. The third-order valence-electron chi connectivity index (χ3n) is 2.43. The average Bonchev–Trinajstić information content (AvgIpc) is 2.94. The van der Waals surface area contributed by atoms with E-state index in [0.717, 1.165) is 18.9 Å². The fourth-order valence-electron chi connectivity index (χ4n) is 1.67. The minimum Gasteiger partial charge on any atom is -0.446 e. The molecule has 3 heterocycles. The predicted molar refractivity (Wildman–Crippen MR) is 51.0 cm³/mol. The summed E-state index contributed by atoms with van der Waals surface area (Å²) in [7, 11) is 0. The summed E-state index contributed by atoms with van der Waals surface area (Å²) < 4.78 is 6.94. The summed E-state index contributed by atoms with van der Waals surface area (Å²) in [5.41, 5.74) is 6.69. The van der Waals surface area contributed by atoms with Crippen molar-refractivity contribution < 1.29 is 4.42 Å². The van der Waals surface area contributed by atoms with Crippen LogP contribution in [0.2, 0.25) is 0 Å². The number of aromatic nitrogens is 4. The van der Waals surface area contributed by atoms with Crippen molar-refractivity contribution in [1.82, 2.24) is 20.0 Å². The first-order valence-electron chi connectivity index (χ1n) is 4.67. The van der Waals surface area contributed by atoms with Crippen molar-refractivity contribution >= 4 is 5.82 Å². The van der Waals surface area contributed by atoms with E-state index in [9.17, 15) is 0 Å². The van der Waals surface area contributed by atoms with Gasteiger partial charge in [0.1, 0.15) is 23.3 Å². The van der Waals surface area contributed by atoms with Crippen LogP contribution in [0.25, 0.3) is 0 Å². The largest absolute Gasteiger partial charge is 0.446 e. The molecule has 3 rings (SSSR count). The van der Waals surface area contributed by atoms with E-state index >= 15 is 0 Å². The van der Waals surface area contributed by atoms with Crippen LogP contribution >= 0.6 is 0 Å². The van der Waals surface area contributed by atoms with Crippen LogP contribution in [-0.2, 0) is 6.54 Å². The van der Waals surface area contributed by atoms with Gasteiger partial charge in [0, 0.05) is 6.54 Å². The van der Waals surface area contributed by atoms with Crippen LogP contribution in [0.3, 0.4) is 0 Å². The zero-order valence-electron chi connectivity index (χ0n) is 7.92.